The largest absolute Gasteiger partial charge is 0.452 e. The topological polar surface area (TPSA) is 77.3 Å². The SMILES string of the molecule is Cc1ccc(-c2cc(C(=O)OCC(=O)N(C)Cc3ccsc3)c3cnn(C(C)C)c3n2)cc1. The molecular weight excluding hydrogens is 436 g/mol. The fourth-order valence-corrected chi connectivity index (χ4v) is 4.16. The first-order valence-electron chi connectivity index (χ1n) is 10.7. The molecule has 1 amide bonds. The molecule has 33 heavy (non-hydrogen) atoms. The third-order valence-corrected chi connectivity index (χ3v) is 6.11. The Balaban J connectivity index is 1.60. The van der Waals surface area contributed by atoms with Gasteiger partial charge in [0.05, 0.1) is 22.8 Å². The molecule has 0 bridgehead atoms. The van der Waals surface area contributed by atoms with Crippen molar-refractivity contribution in [3.8, 4) is 11.3 Å². The molecular formula is C25H26N4O3S. The van der Waals surface area contributed by atoms with E-state index in [9.17, 15) is 9.59 Å². The summed E-state index contributed by atoms with van der Waals surface area (Å²) in [7, 11) is 1.70. The van der Waals surface area contributed by atoms with Crippen molar-refractivity contribution >= 4 is 34.2 Å². The Morgan fingerprint density at radius 3 is 2.61 bits per heavy atom. The second-order valence-corrected chi connectivity index (χ2v) is 9.08. The number of hydrogen-bond donors (Lipinski definition) is 0. The Morgan fingerprint density at radius 2 is 1.94 bits per heavy atom. The highest BCUT2D eigenvalue weighted by Crippen LogP contribution is 2.27. The van der Waals surface area contributed by atoms with Crippen molar-refractivity contribution in [3.05, 3.63) is 70.0 Å². The number of likely N-dealkylation sites (N-methyl/N-ethyl adjacent to an activating group) is 1. The summed E-state index contributed by atoms with van der Waals surface area (Å²) in [5.41, 5.74) is 4.67. The number of aromatic nitrogens is 3. The van der Waals surface area contributed by atoms with Crippen LogP contribution < -0.4 is 0 Å². The van der Waals surface area contributed by atoms with Crippen molar-refractivity contribution in [2.24, 2.45) is 0 Å². The number of ether oxygens (including phenoxy) is 1. The van der Waals surface area contributed by atoms with E-state index in [4.69, 9.17) is 9.72 Å². The van der Waals surface area contributed by atoms with Crippen molar-refractivity contribution < 1.29 is 14.3 Å². The zero-order chi connectivity index (χ0) is 23.5. The Kier molecular flexibility index (Phi) is 6.55. The van der Waals surface area contributed by atoms with Crippen molar-refractivity contribution in [2.45, 2.75) is 33.4 Å². The maximum absolute atomic E-state index is 13.1. The number of hydrogen-bond acceptors (Lipinski definition) is 6. The summed E-state index contributed by atoms with van der Waals surface area (Å²) in [6, 6.07) is 11.7. The van der Waals surface area contributed by atoms with Gasteiger partial charge >= 0.3 is 5.97 Å². The van der Waals surface area contributed by atoms with Gasteiger partial charge in [-0.2, -0.15) is 16.4 Å². The molecule has 3 aromatic heterocycles. The van der Waals surface area contributed by atoms with Crippen molar-refractivity contribution in [1.82, 2.24) is 19.7 Å². The van der Waals surface area contributed by atoms with E-state index in [0.29, 0.717) is 28.8 Å². The summed E-state index contributed by atoms with van der Waals surface area (Å²) >= 11 is 1.58. The first-order valence-corrected chi connectivity index (χ1v) is 11.6. The van der Waals surface area contributed by atoms with E-state index in [1.54, 1.807) is 40.2 Å². The van der Waals surface area contributed by atoms with Crippen molar-refractivity contribution in [2.75, 3.05) is 13.7 Å². The predicted molar refractivity (Wildman–Crippen MR) is 129 cm³/mol. The highest BCUT2D eigenvalue weighted by molar-refractivity contribution is 7.07. The lowest BCUT2D eigenvalue weighted by molar-refractivity contribution is -0.133. The van der Waals surface area contributed by atoms with E-state index < -0.39 is 5.97 Å². The van der Waals surface area contributed by atoms with Crippen LogP contribution in [-0.4, -0.2) is 45.2 Å². The number of carbonyl (C=O) groups is 2. The van der Waals surface area contributed by atoms with Crippen LogP contribution in [-0.2, 0) is 16.1 Å². The van der Waals surface area contributed by atoms with Crippen LogP contribution >= 0.6 is 11.3 Å². The molecule has 7 nitrogen and oxygen atoms in total. The Morgan fingerprint density at radius 1 is 1.18 bits per heavy atom. The lowest BCUT2D eigenvalue weighted by Crippen LogP contribution is -2.30. The monoisotopic (exact) mass is 462 g/mol. The summed E-state index contributed by atoms with van der Waals surface area (Å²) in [5, 5.41) is 8.98. The molecule has 0 aliphatic rings. The molecule has 4 aromatic rings. The van der Waals surface area contributed by atoms with Gasteiger partial charge in [-0.05, 0) is 49.2 Å². The first-order chi connectivity index (χ1) is 15.8. The average molecular weight is 463 g/mol. The van der Waals surface area contributed by atoms with Gasteiger partial charge in [0, 0.05) is 25.2 Å². The molecule has 8 heteroatoms. The number of rotatable bonds is 7. The molecule has 0 atom stereocenters. The Labute approximate surface area is 196 Å². The second kappa shape index (κ2) is 9.54. The lowest BCUT2D eigenvalue weighted by Gasteiger charge is -2.16. The zero-order valence-electron chi connectivity index (χ0n) is 19.1. The van der Waals surface area contributed by atoms with Gasteiger partial charge in [0.25, 0.3) is 5.91 Å². The van der Waals surface area contributed by atoms with Crippen molar-refractivity contribution in [3.63, 3.8) is 0 Å². The van der Waals surface area contributed by atoms with E-state index in [-0.39, 0.29) is 18.6 Å². The number of fused-ring (bicyclic) bond motifs is 1. The molecule has 170 valence electrons. The van der Waals surface area contributed by atoms with Crippen LogP contribution in [0.4, 0.5) is 0 Å². The van der Waals surface area contributed by atoms with Gasteiger partial charge in [-0.25, -0.2) is 14.5 Å². The second-order valence-electron chi connectivity index (χ2n) is 8.30. The number of thiophene rings is 1. The summed E-state index contributed by atoms with van der Waals surface area (Å²) in [5.74, 6) is -0.840. The normalized spacial score (nSPS) is 11.2. The molecule has 0 N–H and O–H groups in total. The summed E-state index contributed by atoms with van der Waals surface area (Å²) in [4.78, 5) is 31.9. The minimum atomic E-state index is -0.573. The standard InChI is InChI=1S/C25H26N4O3S/c1-16(2)29-24-21(12-26-29)20(11-22(27-24)19-7-5-17(3)6-8-19)25(31)32-14-23(30)28(4)13-18-9-10-33-15-18/h5-12,15-16H,13-14H2,1-4H3. The van der Waals surface area contributed by atoms with Gasteiger partial charge in [-0.15, -0.1) is 0 Å². The number of nitrogens with zero attached hydrogens (tertiary/aromatic N) is 4. The lowest BCUT2D eigenvalue weighted by atomic mass is 10.1. The van der Waals surface area contributed by atoms with E-state index in [0.717, 1.165) is 16.7 Å². The molecule has 0 radical (unpaired) electrons. The maximum atomic E-state index is 13.1. The van der Waals surface area contributed by atoms with E-state index in [1.165, 1.54) is 0 Å². The molecule has 4 rings (SSSR count). The van der Waals surface area contributed by atoms with Gasteiger partial charge in [0.15, 0.2) is 12.3 Å². The third-order valence-electron chi connectivity index (χ3n) is 5.38. The predicted octanol–water partition coefficient (Wildman–Crippen LogP) is 4.86. The molecule has 3 heterocycles. The maximum Gasteiger partial charge on any atom is 0.339 e. The van der Waals surface area contributed by atoms with Crippen LogP contribution in [0.3, 0.4) is 0 Å². The van der Waals surface area contributed by atoms with Crippen LogP contribution in [0.5, 0.6) is 0 Å². The highest BCUT2D eigenvalue weighted by atomic mass is 32.1. The fraction of sp³-hybridized carbons (Fsp3) is 0.280. The van der Waals surface area contributed by atoms with Crippen LogP contribution in [0.15, 0.2) is 53.4 Å². The number of amides is 1. The van der Waals surface area contributed by atoms with E-state index in [2.05, 4.69) is 5.10 Å². The molecule has 0 aliphatic carbocycles. The summed E-state index contributed by atoms with van der Waals surface area (Å²) in [6.45, 7) is 6.17. The van der Waals surface area contributed by atoms with Gasteiger partial charge in [0.2, 0.25) is 0 Å². The van der Waals surface area contributed by atoms with Crippen LogP contribution in [0.2, 0.25) is 0 Å². The minimum absolute atomic E-state index is 0.0690. The van der Waals surface area contributed by atoms with Gasteiger partial charge in [-0.3, -0.25) is 4.79 Å². The first kappa shape index (κ1) is 22.7. The Hall–Kier alpha value is -3.52. The van der Waals surface area contributed by atoms with Crippen molar-refractivity contribution in [1.29, 1.82) is 0 Å². The van der Waals surface area contributed by atoms with Gasteiger partial charge in [0.1, 0.15) is 0 Å². The van der Waals surface area contributed by atoms with Gasteiger partial charge in [-0.1, -0.05) is 29.8 Å². The van der Waals surface area contributed by atoms with Crippen LogP contribution in [0.1, 0.15) is 41.4 Å². The molecule has 0 saturated heterocycles. The number of benzene rings is 1. The van der Waals surface area contributed by atoms with E-state index >= 15 is 0 Å². The van der Waals surface area contributed by atoms with Gasteiger partial charge < -0.3 is 9.64 Å². The molecule has 0 aliphatic heterocycles. The minimum Gasteiger partial charge on any atom is -0.452 e. The zero-order valence-corrected chi connectivity index (χ0v) is 19.9. The summed E-state index contributed by atoms with van der Waals surface area (Å²) < 4.78 is 7.21. The average Bonchev–Trinajstić information content (AvgIpc) is 3.46. The molecule has 0 saturated carbocycles. The number of pyridine rings is 1. The van der Waals surface area contributed by atoms with E-state index in [1.807, 2.05) is 61.9 Å². The highest BCUT2D eigenvalue weighted by Gasteiger charge is 2.21. The van der Waals surface area contributed by atoms with Crippen LogP contribution in [0, 0.1) is 6.92 Å². The quantitative estimate of drug-likeness (QED) is 0.367. The number of esters is 1. The molecule has 0 spiro atoms. The number of aryl methyl sites for hydroxylation is 1. The fourth-order valence-electron chi connectivity index (χ4n) is 3.50. The smallest absolute Gasteiger partial charge is 0.339 e. The number of carbonyl (C=O) groups excluding carboxylic acids is 2. The molecule has 0 unspecified atom stereocenters. The van der Waals surface area contributed by atoms with Crippen LogP contribution in [0.25, 0.3) is 22.3 Å². The molecule has 1 aromatic carbocycles. The Bertz CT molecular complexity index is 1280. The third kappa shape index (κ3) is 4.96. The molecule has 0 fully saturated rings. The summed E-state index contributed by atoms with van der Waals surface area (Å²) in [6.07, 6.45) is 1.63.